The van der Waals surface area contributed by atoms with Crippen molar-refractivity contribution < 1.29 is 9.47 Å². The van der Waals surface area contributed by atoms with Crippen molar-refractivity contribution in [3.8, 4) is 0 Å². The van der Waals surface area contributed by atoms with Crippen molar-refractivity contribution in [3.63, 3.8) is 0 Å². The van der Waals surface area contributed by atoms with Crippen LogP contribution < -0.4 is 5.73 Å². The number of ether oxygens (including phenoxy) is 2. The highest BCUT2D eigenvalue weighted by Gasteiger charge is 2.42. The van der Waals surface area contributed by atoms with Gasteiger partial charge in [0.25, 0.3) is 0 Å². The first-order valence-corrected chi connectivity index (χ1v) is 9.41. The monoisotopic (exact) mass is 324 g/mol. The Morgan fingerprint density at radius 2 is 2.17 bits per heavy atom. The molecule has 4 unspecified atom stereocenters. The number of nitrogens with zero attached hydrogens (tertiary/aromatic N) is 1. The molecule has 4 nitrogen and oxygen atoms in total. The largest absolute Gasteiger partial charge is 0.379 e. The van der Waals surface area contributed by atoms with Gasteiger partial charge in [0.15, 0.2) is 0 Å². The Balaban J connectivity index is 1.97. The summed E-state index contributed by atoms with van der Waals surface area (Å²) in [6.07, 6.45) is 6.30. The van der Waals surface area contributed by atoms with Crippen LogP contribution in [0.5, 0.6) is 0 Å². The predicted molar refractivity (Wildman–Crippen MR) is 95.2 cm³/mol. The lowest BCUT2D eigenvalue weighted by Crippen LogP contribution is -2.44. The van der Waals surface area contributed by atoms with Crippen LogP contribution in [0.3, 0.4) is 0 Å². The fraction of sp³-hybridized carbons (Fsp3) is 0.895. The Kier molecular flexibility index (Phi) is 7.54. The van der Waals surface area contributed by atoms with Gasteiger partial charge in [0.05, 0.1) is 12.7 Å². The van der Waals surface area contributed by atoms with E-state index in [2.05, 4.69) is 38.7 Å². The molecule has 0 bridgehead atoms. The van der Waals surface area contributed by atoms with Gasteiger partial charge in [-0.15, -0.1) is 0 Å². The lowest BCUT2D eigenvalue weighted by Gasteiger charge is -2.39. The van der Waals surface area contributed by atoms with E-state index in [-0.39, 0.29) is 12.3 Å². The molecule has 4 heteroatoms. The van der Waals surface area contributed by atoms with Gasteiger partial charge >= 0.3 is 0 Å². The highest BCUT2D eigenvalue weighted by Crippen LogP contribution is 2.39. The summed E-state index contributed by atoms with van der Waals surface area (Å²) in [5.41, 5.74) is 7.35. The van der Waals surface area contributed by atoms with Crippen LogP contribution >= 0.6 is 0 Å². The molecule has 1 fully saturated rings. The summed E-state index contributed by atoms with van der Waals surface area (Å²) in [6.45, 7) is 13.2. The third-order valence-electron chi connectivity index (χ3n) is 5.28. The minimum atomic E-state index is 0.188. The van der Waals surface area contributed by atoms with Crippen LogP contribution in [0.25, 0.3) is 0 Å². The van der Waals surface area contributed by atoms with E-state index >= 15 is 0 Å². The first-order chi connectivity index (χ1) is 11.1. The van der Waals surface area contributed by atoms with Gasteiger partial charge in [-0.1, -0.05) is 38.8 Å². The van der Waals surface area contributed by atoms with Crippen molar-refractivity contribution in [1.29, 1.82) is 0 Å². The Morgan fingerprint density at radius 1 is 1.39 bits per heavy atom. The van der Waals surface area contributed by atoms with Gasteiger partial charge in [0.1, 0.15) is 6.23 Å². The van der Waals surface area contributed by atoms with E-state index in [1.807, 2.05) is 0 Å². The van der Waals surface area contributed by atoms with E-state index in [1.54, 1.807) is 0 Å². The first-order valence-electron chi connectivity index (χ1n) is 9.41. The molecule has 0 amide bonds. The topological polar surface area (TPSA) is 47.7 Å². The summed E-state index contributed by atoms with van der Waals surface area (Å²) in [5.74, 6) is 1.76. The van der Waals surface area contributed by atoms with E-state index in [0.29, 0.717) is 30.9 Å². The molecular weight excluding hydrogens is 288 g/mol. The Labute approximate surface area is 142 Å². The van der Waals surface area contributed by atoms with Crippen molar-refractivity contribution in [2.24, 2.45) is 23.5 Å². The minimum Gasteiger partial charge on any atom is -0.379 e. The van der Waals surface area contributed by atoms with E-state index in [4.69, 9.17) is 15.2 Å². The zero-order valence-electron chi connectivity index (χ0n) is 15.5. The fourth-order valence-electron chi connectivity index (χ4n) is 4.29. The molecule has 23 heavy (non-hydrogen) atoms. The van der Waals surface area contributed by atoms with Crippen LogP contribution in [0.2, 0.25) is 0 Å². The maximum atomic E-state index is 6.44. The number of allylic oxidation sites excluding steroid dienone is 2. The molecule has 5 atom stereocenters. The Bertz CT molecular complexity index is 386. The van der Waals surface area contributed by atoms with E-state index < -0.39 is 0 Å². The standard InChI is InChI=1S/C19H36N2O2/c1-5-6-9-22-13-17-12-21(8-7-20)19(23-17)18-15(3)10-14(2)11-16(18)4/h10,15-19H,5-9,11-13,20H2,1-4H3/t15?,16-,17?,18?,19?/m0/s1. The summed E-state index contributed by atoms with van der Waals surface area (Å²) in [5, 5.41) is 0. The summed E-state index contributed by atoms with van der Waals surface area (Å²) in [7, 11) is 0. The third kappa shape index (κ3) is 5.02. The average molecular weight is 325 g/mol. The van der Waals surface area contributed by atoms with Crippen LogP contribution in [0.1, 0.15) is 47.0 Å². The number of rotatable bonds is 8. The SMILES string of the molecule is CCCCOCC1CN(CCN)C(C2C(C)C=C(C)C[C@@H]2C)O1. The molecule has 134 valence electrons. The normalized spacial score (nSPS) is 35.5. The molecule has 0 saturated carbocycles. The molecule has 0 radical (unpaired) electrons. The zero-order valence-corrected chi connectivity index (χ0v) is 15.5. The van der Waals surface area contributed by atoms with Gasteiger partial charge in [-0.25, -0.2) is 0 Å². The lowest BCUT2D eigenvalue weighted by molar-refractivity contribution is -0.0835. The number of hydrogen-bond donors (Lipinski definition) is 1. The molecule has 0 spiro atoms. The van der Waals surface area contributed by atoms with Crippen LogP contribution in [-0.2, 0) is 9.47 Å². The second-order valence-corrected chi connectivity index (χ2v) is 7.49. The summed E-state index contributed by atoms with van der Waals surface area (Å²) in [6, 6.07) is 0. The Morgan fingerprint density at radius 3 is 2.83 bits per heavy atom. The average Bonchev–Trinajstić information content (AvgIpc) is 2.86. The number of nitrogens with two attached hydrogens (primary N) is 1. The number of unbranched alkanes of at least 4 members (excludes halogenated alkanes) is 1. The van der Waals surface area contributed by atoms with Gasteiger partial charge in [0, 0.05) is 32.2 Å². The van der Waals surface area contributed by atoms with Crippen LogP contribution in [0.15, 0.2) is 11.6 Å². The van der Waals surface area contributed by atoms with Gasteiger partial charge in [0.2, 0.25) is 0 Å². The highest BCUT2D eigenvalue weighted by molar-refractivity contribution is 5.09. The summed E-state index contributed by atoms with van der Waals surface area (Å²) >= 11 is 0. The first kappa shape index (κ1) is 18.9. The molecule has 1 saturated heterocycles. The molecule has 2 N–H and O–H groups in total. The lowest BCUT2D eigenvalue weighted by atomic mass is 9.74. The smallest absolute Gasteiger partial charge is 0.114 e. The molecule has 2 aliphatic rings. The van der Waals surface area contributed by atoms with Crippen molar-refractivity contribution in [2.75, 3.05) is 32.8 Å². The van der Waals surface area contributed by atoms with Gasteiger partial charge in [-0.3, -0.25) is 4.90 Å². The fourth-order valence-corrected chi connectivity index (χ4v) is 4.29. The molecule has 2 rings (SSSR count). The molecular formula is C19H36N2O2. The predicted octanol–water partition coefficient (Wildman–Crippen LogP) is 3.03. The van der Waals surface area contributed by atoms with E-state index in [9.17, 15) is 0 Å². The maximum Gasteiger partial charge on any atom is 0.114 e. The quantitative estimate of drug-likeness (QED) is 0.551. The van der Waals surface area contributed by atoms with Crippen LogP contribution in [-0.4, -0.2) is 50.1 Å². The van der Waals surface area contributed by atoms with E-state index in [1.165, 1.54) is 18.4 Å². The van der Waals surface area contributed by atoms with Crippen LogP contribution in [0, 0.1) is 17.8 Å². The molecule has 1 heterocycles. The highest BCUT2D eigenvalue weighted by atomic mass is 16.6. The second-order valence-electron chi connectivity index (χ2n) is 7.49. The summed E-state index contributed by atoms with van der Waals surface area (Å²) in [4.78, 5) is 2.44. The van der Waals surface area contributed by atoms with Crippen molar-refractivity contribution >= 4 is 0 Å². The van der Waals surface area contributed by atoms with Crippen molar-refractivity contribution in [3.05, 3.63) is 11.6 Å². The molecule has 0 aromatic heterocycles. The number of hydrogen-bond acceptors (Lipinski definition) is 4. The third-order valence-corrected chi connectivity index (χ3v) is 5.28. The summed E-state index contributed by atoms with van der Waals surface area (Å²) < 4.78 is 12.2. The second kappa shape index (κ2) is 9.16. The Hall–Kier alpha value is -0.420. The molecule has 1 aliphatic heterocycles. The minimum absolute atomic E-state index is 0.188. The van der Waals surface area contributed by atoms with Gasteiger partial charge < -0.3 is 15.2 Å². The van der Waals surface area contributed by atoms with Crippen LogP contribution in [0.4, 0.5) is 0 Å². The van der Waals surface area contributed by atoms with E-state index in [0.717, 1.165) is 26.1 Å². The molecule has 0 aromatic rings. The molecule has 0 aromatic carbocycles. The van der Waals surface area contributed by atoms with Gasteiger partial charge in [-0.05, 0) is 31.6 Å². The maximum absolute atomic E-state index is 6.44. The molecule has 1 aliphatic carbocycles. The zero-order chi connectivity index (χ0) is 16.8. The van der Waals surface area contributed by atoms with Crippen molar-refractivity contribution in [1.82, 2.24) is 4.90 Å². The van der Waals surface area contributed by atoms with Crippen molar-refractivity contribution in [2.45, 2.75) is 59.3 Å². The van der Waals surface area contributed by atoms with Gasteiger partial charge in [-0.2, -0.15) is 0 Å².